The van der Waals surface area contributed by atoms with Crippen LogP contribution in [0.25, 0.3) is 0 Å². The van der Waals surface area contributed by atoms with Crippen molar-refractivity contribution in [2.45, 2.75) is 77.2 Å². The van der Waals surface area contributed by atoms with E-state index in [9.17, 15) is 14.4 Å². The van der Waals surface area contributed by atoms with Gasteiger partial charge in [0.05, 0.1) is 0 Å². The third-order valence-electron chi connectivity index (χ3n) is 7.46. The number of carbonyl (C=O) groups excluding carboxylic acids is 2. The molecular formula is C25H37N3O3. The molecule has 0 N–H and O–H groups in total. The molecule has 0 radical (unpaired) electrons. The van der Waals surface area contributed by atoms with E-state index in [1.54, 1.807) is 6.07 Å². The summed E-state index contributed by atoms with van der Waals surface area (Å²) in [6.45, 7) is 7.18. The molecule has 0 unspecified atom stereocenters. The van der Waals surface area contributed by atoms with Crippen LogP contribution in [0.5, 0.6) is 0 Å². The molecule has 1 aromatic rings. The molecular weight excluding hydrogens is 390 g/mol. The van der Waals surface area contributed by atoms with Crippen molar-refractivity contribution in [1.29, 1.82) is 0 Å². The van der Waals surface area contributed by atoms with Gasteiger partial charge in [-0.3, -0.25) is 14.4 Å². The quantitative estimate of drug-likeness (QED) is 0.697. The molecule has 0 aromatic carbocycles. The lowest BCUT2D eigenvalue weighted by atomic mass is 9.76. The zero-order valence-electron chi connectivity index (χ0n) is 19.1. The lowest BCUT2D eigenvalue weighted by molar-refractivity contribution is -0.136. The number of fused-ring (bicyclic) bond motifs is 4. The first-order valence-corrected chi connectivity index (χ1v) is 12.2. The predicted molar refractivity (Wildman–Crippen MR) is 121 cm³/mol. The summed E-state index contributed by atoms with van der Waals surface area (Å²) in [5.41, 5.74) is 1.19. The molecule has 3 aliphatic heterocycles. The lowest BCUT2D eigenvalue weighted by Gasteiger charge is -2.47. The van der Waals surface area contributed by atoms with Crippen LogP contribution in [0.2, 0.25) is 0 Å². The summed E-state index contributed by atoms with van der Waals surface area (Å²) >= 11 is 0. The summed E-state index contributed by atoms with van der Waals surface area (Å²) in [5.74, 6) is 1.50. The highest BCUT2D eigenvalue weighted by atomic mass is 16.2. The second kappa shape index (κ2) is 9.58. The van der Waals surface area contributed by atoms with Crippen molar-refractivity contribution >= 4 is 11.8 Å². The number of amides is 2. The number of hydrogen-bond acceptors (Lipinski definition) is 3. The molecule has 4 rings (SSSR count). The van der Waals surface area contributed by atoms with Gasteiger partial charge in [-0.2, -0.15) is 0 Å². The van der Waals surface area contributed by atoms with Crippen LogP contribution in [0.1, 0.15) is 82.9 Å². The molecule has 4 heterocycles. The molecule has 0 saturated carbocycles. The van der Waals surface area contributed by atoms with Crippen molar-refractivity contribution in [2.75, 3.05) is 26.2 Å². The van der Waals surface area contributed by atoms with E-state index >= 15 is 0 Å². The van der Waals surface area contributed by atoms with Gasteiger partial charge in [0.25, 0.3) is 5.56 Å². The maximum Gasteiger partial charge on any atom is 0.250 e. The second-order valence-electron chi connectivity index (χ2n) is 10.1. The van der Waals surface area contributed by atoms with Crippen LogP contribution in [0.4, 0.5) is 0 Å². The molecule has 6 nitrogen and oxygen atoms in total. The molecule has 1 aromatic heterocycles. The van der Waals surface area contributed by atoms with Crippen molar-refractivity contribution < 1.29 is 9.59 Å². The Kier molecular flexibility index (Phi) is 6.83. The van der Waals surface area contributed by atoms with E-state index in [0.29, 0.717) is 37.8 Å². The summed E-state index contributed by atoms with van der Waals surface area (Å²) < 4.78 is 2.04. The smallest absolute Gasteiger partial charge is 0.250 e. The van der Waals surface area contributed by atoms with E-state index in [1.165, 1.54) is 0 Å². The molecule has 170 valence electrons. The Hall–Kier alpha value is -2.11. The Balaban J connectivity index is 1.47. The van der Waals surface area contributed by atoms with E-state index in [1.807, 2.05) is 20.4 Å². The Labute approximate surface area is 185 Å². The van der Waals surface area contributed by atoms with Gasteiger partial charge in [-0.15, -0.1) is 0 Å². The van der Waals surface area contributed by atoms with E-state index in [0.717, 1.165) is 57.3 Å². The minimum Gasteiger partial charge on any atom is -0.342 e. The number of hydrogen-bond donors (Lipinski definition) is 0. The molecule has 2 bridgehead atoms. The van der Waals surface area contributed by atoms with Crippen molar-refractivity contribution in [2.24, 2.45) is 11.8 Å². The summed E-state index contributed by atoms with van der Waals surface area (Å²) in [4.78, 5) is 42.1. The third-order valence-corrected chi connectivity index (χ3v) is 7.46. The van der Waals surface area contributed by atoms with Gasteiger partial charge in [-0.1, -0.05) is 26.3 Å². The number of likely N-dealkylation sites (tertiary alicyclic amines) is 2. The number of nitrogens with zero attached hydrogens (tertiary/aromatic N) is 3. The molecule has 2 amide bonds. The molecule has 2 saturated heterocycles. The number of pyridine rings is 1. The van der Waals surface area contributed by atoms with E-state index in [2.05, 4.69) is 19.9 Å². The lowest BCUT2D eigenvalue weighted by Crippen LogP contribution is -2.51. The maximum atomic E-state index is 13.1. The van der Waals surface area contributed by atoms with Crippen LogP contribution in [-0.2, 0) is 9.59 Å². The van der Waals surface area contributed by atoms with E-state index < -0.39 is 0 Å². The topological polar surface area (TPSA) is 62.6 Å². The maximum absolute atomic E-state index is 13.1. The third kappa shape index (κ3) is 4.88. The number of rotatable bonds is 6. The van der Waals surface area contributed by atoms with Crippen LogP contribution in [-0.4, -0.2) is 52.4 Å². The Morgan fingerprint density at radius 1 is 1.13 bits per heavy atom. The van der Waals surface area contributed by atoms with Gasteiger partial charge in [0.2, 0.25) is 11.8 Å². The average molecular weight is 428 g/mol. The zero-order valence-corrected chi connectivity index (χ0v) is 19.1. The van der Waals surface area contributed by atoms with Crippen LogP contribution >= 0.6 is 0 Å². The van der Waals surface area contributed by atoms with Gasteiger partial charge < -0.3 is 14.4 Å². The minimum atomic E-state index is 0.0976. The summed E-state index contributed by atoms with van der Waals surface area (Å²) in [7, 11) is 0. The van der Waals surface area contributed by atoms with Crippen LogP contribution in [0.15, 0.2) is 23.0 Å². The fraction of sp³-hybridized carbons (Fsp3) is 0.720. The Bertz CT molecular complexity index is 862. The van der Waals surface area contributed by atoms with Crippen molar-refractivity contribution in [3.63, 3.8) is 0 Å². The highest BCUT2D eigenvalue weighted by molar-refractivity contribution is 5.79. The Morgan fingerprint density at radius 3 is 2.77 bits per heavy atom. The van der Waals surface area contributed by atoms with Crippen LogP contribution in [0.3, 0.4) is 0 Å². The van der Waals surface area contributed by atoms with Crippen molar-refractivity contribution in [1.82, 2.24) is 14.4 Å². The first-order chi connectivity index (χ1) is 14.9. The first kappa shape index (κ1) is 22.1. The van der Waals surface area contributed by atoms with Crippen LogP contribution in [0, 0.1) is 11.8 Å². The molecule has 31 heavy (non-hydrogen) atoms. The van der Waals surface area contributed by atoms with Crippen molar-refractivity contribution in [3.8, 4) is 0 Å². The fourth-order valence-electron chi connectivity index (χ4n) is 5.78. The van der Waals surface area contributed by atoms with E-state index in [-0.39, 0.29) is 29.3 Å². The summed E-state index contributed by atoms with van der Waals surface area (Å²) in [6.07, 6.45) is 7.25. The SMILES string of the molecule is CC(C)CC[C@H]1[C@H]2C[C@H](CN(C(=O)CCN3CCCCCC3=O)C2)c2cccc(=O)n21. The Morgan fingerprint density at radius 2 is 1.97 bits per heavy atom. The van der Waals surface area contributed by atoms with Gasteiger partial charge in [0.1, 0.15) is 0 Å². The number of aromatic nitrogens is 1. The monoisotopic (exact) mass is 427 g/mol. The first-order valence-electron chi connectivity index (χ1n) is 12.2. The molecule has 3 aliphatic rings. The zero-order chi connectivity index (χ0) is 22.0. The fourth-order valence-corrected chi connectivity index (χ4v) is 5.78. The van der Waals surface area contributed by atoms with Gasteiger partial charge >= 0.3 is 0 Å². The average Bonchev–Trinajstić information content (AvgIpc) is 2.96. The standard InChI is InChI=1S/C25H37N3O3/c1-18(2)10-11-22-20-15-19(21-7-6-9-25(31)28(21)22)16-27(17-20)24(30)12-14-26-13-5-3-4-8-23(26)29/h6-7,9,18-20,22H,3-5,8,10-17H2,1-2H3/t19-,20+,22+/m1/s1. The van der Waals surface area contributed by atoms with Gasteiger partial charge in [0.15, 0.2) is 0 Å². The van der Waals surface area contributed by atoms with Crippen molar-refractivity contribution in [3.05, 3.63) is 34.2 Å². The van der Waals surface area contributed by atoms with Gasteiger partial charge in [0, 0.05) is 62.7 Å². The molecule has 2 fully saturated rings. The van der Waals surface area contributed by atoms with E-state index in [4.69, 9.17) is 0 Å². The molecule has 0 spiro atoms. The predicted octanol–water partition coefficient (Wildman–Crippen LogP) is 3.56. The van der Waals surface area contributed by atoms with Gasteiger partial charge in [-0.25, -0.2) is 0 Å². The second-order valence-corrected chi connectivity index (χ2v) is 10.1. The highest BCUT2D eigenvalue weighted by Crippen LogP contribution is 2.43. The summed E-state index contributed by atoms with van der Waals surface area (Å²) in [5, 5.41) is 0. The normalized spacial score (nSPS) is 26.0. The summed E-state index contributed by atoms with van der Waals surface area (Å²) in [6, 6.07) is 5.78. The molecule has 6 heteroatoms. The van der Waals surface area contributed by atoms with Crippen LogP contribution < -0.4 is 5.56 Å². The number of carbonyl (C=O) groups is 2. The van der Waals surface area contributed by atoms with Gasteiger partial charge in [-0.05, 0) is 50.0 Å². The largest absolute Gasteiger partial charge is 0.342 e. The number of piperidine rings is 1. The molecule has 3 atom stereocenters. The minimum absolute atomic E-state index is 0.0976. The molecule has 0 aliphatic carbocycles. The highest BCUT2D eigenvalue weighted by Gasteiger charge is 2.41.